The minimum Gasteiger partial charge on any atom is -0.396 e. The summed E-state index contributed by atoms with van der Waals surface area (Å²) in [4.78, 5) is 11.3. The molecule has 0 spiro atoms. The molecule has 0 aromatic heterocycles. The lowest BCUT2D eigenvalue weighted by molar-refractivity contribution is -0.118. The topological polar surface area (TPSA) is 49.3 Å². The van der Waals surface area contributed by atoms with Gasteiger partial charge in [-0.05, 0) is 24.8 Å². The Labute approximate surface area is 86.2 Å². The van der Waals surface area contributed by atoms with Crippen LogP contribution in [0.4, 0.5) is 0 Å². The van der Waals surface area contributed by atoms with Gasteiger partial charge in [0, 0.05) is 12.6 Å². The average molecular weight is 199 g/mol. The molecule has 0 aliphatic heterocycles. The van der Waals surface area contributed by atoms with Crippen LogP contribution in [0.3, 0.4) is 0 Å². The number of carbonyl (C=O) groups excluding carboxylic acids is 1. The standard InChI is InChI=1S/C11H21NO2/c1-5-6-10(14)12-9(7-8-13)11(2,3)4/h5-6,9,13H,7-8H2,1-4H3,(H,12,14)/b6-5+. The molecule has 1 unspecified atom stereocenters. The van der Waals surface area contributed by atoms with Crippen molar-refractivity contribution in [1.82, 2.24) is 5.32 Å². The summed E-state index contributed by atoms with van der Waals surface area (Å²) in [6, 6.07) is 0.0104. The van der Waals surface area contributed by atoms with Gasteiger partial charge in [-0.1, -0.05) is 26.8 Å². The molecule has 0 fully saturated rings. The van der Waals surface area contributed by atoms with Crippen LogP contribution in [-0.4, -0.2) is 23.7 Å². The van der Waals surface area contributed by atoms with E-state index in [-0.39, 0.29) is 24.0 Å². The highest BCUT2D eigenvalue weighted by Crippen LogP contribution is 2.21. The van der Waals surface area contributed by atoms with Gasteiger partial charge >= 0.3 is 0 Å². The van der Waals surface area contributed by atoms with Crippen molar-refractivity contribution in [1.29, 1.82) is 0 Å². The maximum Gasteiger partial charge on any atom is 0.243 e. The molecular formula is C11H21NO2. The van der Waals surface area contributed by atoms with E-state index in [1.165, 1.54) is 6.08 Å². The van der Waals surface area contributed by atoms with Crippen molar-refractivity contribution < 1.29 is 9.90 Å². The third-order valence-electron chi connectivity index (χ3n) is 2.10. The third-order valence-corrected chi connectivity index (χ3v) is 2.10. The van der Waals surface area contributed by atoms with Crippen LogP contribution in [-0.2, 0) is 4.79 Å². The molecule has 1 amide bonds. The van der Waals surface area contributed by atoms with Gasteiger partial charge in [0.05, 0.1) is 0 Å². The van der Waals surface area contributed by atoms with Gasteiger partial charge < -0.3 is 10.4 Å². The quantitative estimate of drug-likeness (QED) is 0.674. The highest BCUT2D eigenvalue weighted by Gasteiger charge is 2.24. The molecule has 0 aromatic rings. The van der Waals surface area contributed by atoms with Crippen LogP contribution in [0.15, 0.2) is 12.2 Å². The van der Waals surface area contributed by atoms with Crippen molar-refractivity contribution in [3.05, 3.63) is 12.2 Å². The number of aliphatic hydroxyl groups is 1. The number of rotatable bonds is 4. The Morgan fingerprint density at radius 1 is 1.50 bits per heavy atom. The summed E-state index contributed by atoms with van der Waals surface area (Å²) < 4.78 is 0. The molecule has 82 valence electrons. The largest absolute Gasteiger partial charge is 0.396 e. The van der Waals surface area contributed by atoms with Crippen LogP contribution in [0.2, 0.25) is 0 Å². The number of nitrogens with one attached hydrogen (secondary N) is 1. The first-order valence-corrected chi connectivity index (χ1v) is 4.96. The van der Waals surface area contributed by atoms with Gasteiger partial charge in [0.2, 0.25) is 5.91 Å². The fourth-order valence-electron chi connectivity index (χ4n) is 1.22. The van der Waals surface area contributed by atoms with Crippen molar-refractivity contribution in [3.63, 3.8) is 0 Å². The molecule has 14 heavy (non-hydrogen) atoms. The van der Waals surface area contributed by atoms with Gasteiger partial charge in [-0.25, -0.2) is 0 Å². The molecule has 3 heteroatoms. The average Bonchev–Trinajstić information content (AvgIpc) is 2.02. The summed E-state index contributed by atoms with van der Waals surface area (Å²) in [5, 5.41) is 11.7. The van der Waals surface area contributed by atoms with E-state index in [4.69, 9.17) is 5.11 Å². The van der Waals surface area contributed by atoms with Gasteiger partial charge in [0.1, 0.15) is 0 Å². The summed E-state index contributed by atoms with van der Waals surface area (Å²) >= 11 is 0. The van der Waals surface area contributed by atoms with Crippen LogP contribution < -0.4 is 5.32 Å². The van der Waals surface area contributed by atoms with E-state index in [2.05, 4.69) is 5.32 Å². The minimum absolute atomic E-state index is 0.0104. The van der Waals surface area contributed by atoms with Crippen molar-refractivity contribution in [2.24, 2.45) is 5.41 Å². The number of allylic oxidation sites excluding steroid dienone is 1. The molecule has 1 atom stereocenters. The third kappa shape index (κ3) is 5.02. The lowest BCUT2D eigenvalue weighted by atomic mass is 9.85. The summed E-state index contributed by atoms with van der Waals surface area (Å²) in [6.07, 6.45) is 3.79. The Morgan fingerprint density at radius 2 is 2.07 bits per heavy atom. The number of hydrogen-bond donors (Lipinski definition) is 2. The maximum atomic E-state index is 11.3. The van der Waals surface area contributed by atoms with Crippen LogP contribution in [0.25, 0.3) is 0 Å². The highest BCUT2D eigenvalue weighted by atomic mass is 16.3. The van der Waals surface area contributed by atoms with Gasteiger partial charge in [0.15, 0.2) is 0 Å². The zero-order chi connectivity index (χ0) is 11.2. The molecule has 0 heterocycles. The van der Waals surface area contributed by atoms with Gasteiger partial charge in [0.25, 0.3) is 0 Å². The second-order valence-corrected chi connectivity index (χ2v) is 4.44. The summed E-state index contributed by atoms with van der Waals surface area (Å²) in [5.74, 6) is -0.0964. The first kappa shape index (κ1) is 13.2. The molecule has 0 aromatic carbocycles. The van der Waals surface area contributed by atoms with Crippen LogP contribution >= 0.6 is 0 Å². The Balaban J connectivity index is 4.30. The van der Waals surface area contributed by atoms with Crippen LogP contribution in [0.1, 0.15) is 34.1 Å². The lowest BCUT2D eigenvalue weighted by Gasteiger charge is -2.30. The van der Waals surface area contributed by atoms with Crippen molar-refractivity contribution in [2.45, 2.75) is 40.2 Å². The summed E-state index contributed by atoms with van der Waals surface area (Å²) in [6.45, 7) is 8.03. The first-order valence-electron chi connectivity index (χ1n) is 4.96. The Kier molecular flexibility index (Phi) is 5.46. The van der Waals surface area contributed by atoms with E-state index < -0.39 is 0 Å². The van der Waals surface area contributed by atoms with E-state index in [9.17, 15) is 4.79 Å². The number of hydrogen-bond acceptors (Lipinski definition) is 2. The van der Waals surface area contributed by atoms with Gasteiger partial charge in [-0.3, -0.25) is 4.79 Å². The smallest absolute Gasteiger partial charge is 0.243 e. The Bertz CT molecular complexity index is 204. The Morgan fingerprint density at radius 3 is 2.43 bits per heavy atom. The number of amides is 1. The van der Waals surface area contributed by atoms with E-state index in [1.807, 2.05) is 20.8 Å². The predicted octanol–water partition coefficient (Wildman–Crippen LogP) is 1.48. The van der Waals surface area contributed by atoms with Crippen molar-refractivity contribution >= 4 is 5.91 Å². The maximum absolute atomic E-state index is 11.3. The predicted molar refractivity (Wildman–Crippen MR) is 57.9 cm³/mol. The zero-order valence-corrected chi connectivity index (χ0v) is 9.50. The second-order valence-electron chi connectivity index (χ2n) is 4.44. The van der Waals surface area contributed by atoms with Gasteiger partial charge in [-0.2, -0.15) is 0 Å². The van der Waals surface area contributed by atoms with Gasteiger partial charge in [-0.15, -0.1) is 0 Å². The fraction of sp³-hybridized carbons (Fsp3) is 0.727. The van der Waals surface area contributed by atoms with E-state index in [1.54, 1.807) is 13.0 Å². The summed E-state index contributed by atoms with van der Waals surface area (Å²) in [5.41, 5.74) is -0.0278. The molecule has 0 aliphatic carbocycles. The van der Waals surface area contributed by atoms with Crippen LogP contribution in [0.5, 0.6) is 0 Å². The normalized spacial score (nSPS) is 14.4. The molecule has 0 radical (unpaired) electrons. The molecular weight excluding hydrogens is 178 g/mol. The molecule has 0 saturated heterocycles. The van der Waals surface area contributed by atoms with E-state index in [0.717, 1.165) is 0 Å². The fourth-order valence-corrected chi connectivity index (χ4v) is 1.22. The molecule has 0 aliphatic rings. The SMILES string of the molecule is C/C=C/C(=O)NC(CCO)C(C)(C)C. The van der Waals surface area contributed by atoms with Crippen LogP contribution in [0, 0.1) is 5.41 Å². The minimum atomic E-state index is -0.0964. The number of aliphatic hydroxyl groups excluding tert-OH is 1. The Hall–Kier alpha value is -0.830. The molecule has 0 rings (SSSR count). The van der Waals surface area contributed by atoms with Crippen molar-refractivity contribution in [3.8, 4) is 0 Å². The highest BCUT2D eigenvalue weighted by molar-refractivity contribution is 5.87. The van der Waals surface area contributed by atoms with E-state index in [0.29, 0.717) is 6.42 Å². The zero-order valence-electron chi connectivity index (χ0n) is 9.50. The lowest BCUT2D eigenvalue weighted by Crippen LogP contribution is -2.43. The molecule has 0 bridgehead atoms. The van der Waals surface area contributed by atoms with Crippen molar-refractivity contribution in [2.75, 3.05) is 6.61 Å². The number of carbonyl (C=O) groups is 1. The summed E-state index contributed by atoms with van der Waals surface area (Å²) in [7, 11) is 0. The first-order chi connectivity index (χ1) is 6.41. The van der Waals surface area contributed by atoms with E-state index >= 15 is 0 Å². The molecule has 0 saturated carbocycles. The monoisotopic (exact) mass is 199 g/mol. The molecule has 2 N–H and O–H groups in total. The molecule has 3 nitrogen and oxygen atoms in total. The second kappa shape index (κ2) is 5.81.